The summed E-state index contributed by atoms with van der Waals surface area (Å²) in [6.45, 7) is 4.58. The first kappa shape index (κ1) is 21.5. The topological polar surface area (TPSA) is 75.3 Å². The van der Waals surface area contributed by atoms with Gasteiger partial charge in [-0.3, -0.25) is 9.52 Å². The van der Waals surface area contributed by atoms with Gasteiger partial charge in [0.2, 0.25) is 0 Å². The highest BCUT2D eigenvalue weighted by Crippen LogP contribution is 2.23. The van der Waals surface area contributed by atoms with Gasteiger partial charge >= 0.3 is 0 Å². The largest absolute Gasteiger partial charge is 0.352 e. The van der Waals surface area contributed by atoms with Crippen molar-refractivity contribution in [3.63, 3.8) is 0 Å². The van der Waals surface area contributed by atoms with Crippen LogP contribution in [0.4, 0.5) is 10.1 Å². The van der Waals surface area contributed by atoms with E-state index in [0.29, 0.717) is 23.7 Å². The fraction of sp³-hybridized carbons (Fsp3) is 0.174. The second-order valence-corrected chi connectivity index (χ2v) is 9.00. The Morgan fingerprint density at radius 3 is 1.93 bits per heavy atom. The van der Waals surface area contributed by atoms with E-state index >= 15 is 0 Å². The molecule has 5 nitrogen and oxygen atoms in total. The van der Waals surface area contributed by atoms with Crippen LogP contribution in [0, 0.1) is 11.7 Å². The highest BCUT2D eigenvalue weighted by Gasteiger charge is 2.15. The molecule has 3 aromatic rings. The van der Waals surface area contributed by atoms with Crippen molar-refractivity contribution < 1.29 is 17.6 Å². The third-order valence-electron chi connectivity index (χ3n) is 4.41. The Bertz CT molecular complexity index is 1110. The smallest absolute Gasteiger partial charge is 0.261 e. The standard InChI is InChI=1S/C23H23FN2O3S/c1-16(2)15-25-23(27)19-5-11-21(12-6-19)26-30(28,29)22-13-7-18(8-14-22)17-3-9-20(24)10-4-17/h3-14,16,26H,15H2,1-2H3,(H,25,27). The Morgan fingerprint density at radius 2 is 1.40 bits per heavy atom. The van der Waals surface area contributed by atoms with Crippen LogP contribution in [0.2, 0.25) is 0 Å². The van der Waals surface area contributed by atoms with Crippen molar-refractivity contribution in [1.29, 1.82) is 0 Å². The molecule has 0 aromatic heterocycles. The summed E-state index contributed by atoms with van der Waals surface area (Å²) in [6, 6.07) is 18.6. The van der Waals surface area contributed by atoms with Gasteiger partial charge in [-0.15, -0.1) is 0 Å². The number of sulfonamides is 1. The molecule has 2 N–H and O–H groups in total. The Morgan fingerprint density at radius 1 is 0.867 bits per heavy atom. The Labute approximate surface area is 176 Å². The highest BCUT2D eigenvalue weighted by molar-refractivity contribution is 7.92. The highest BCUT2D eigenvalue weighted by atomic mass is 32.2. The van der Waals surface area contributed by atoms with E-state index in [2.05, 4.69) is 10.0 Å². The van der Waals surface area contributed by atoms with Crippen LogP contribution in [0.3, 0.4) is 0 Å². The minimum atomic E-state index is -3.78. The molecule has 0 spiro atoms. The molecule has 7 heteroatoms. The SMILES string of the molecule is CC(C)CNC(=O)c1ccc(NS(=O)(=O)c2ccc(-c3ccc(F)cc3)cc2)cc1. The molecule has 30 heavy (non-hydrogen) atoms. The second-order valence-electron chi connectivity index (χ2n) is 7.32. The Kier molecular flexibility index (Phi) is 6.52. The van der Waals surface area contributed by atoms with Gasteiger partial charge < -0.3 is 5.32 Å². The van der Waals surface area contributed by atoms with Crippen molar-refractivity contribution in [2.75, 3.05) is 11.3 Å². The molecule has 0 bridgehead atoms. The lowest BCUT2D eigenvalue weighted by molar-refractivity contribution is 0.0949. The van der Waals surface area contributed by atoms with Gasteiger partial charge in [-0.25, -0.2) is 12.8 Å². The average molecular weight is 427 g/mol. The molecule has 0 aliphatic rings. The van der Waals surface area contributed by atoms with Gasteiger partial charge in [0.05, 0.1) is 4.90 Å². The maximum Gasteiger partial charge on any atom is 0.261 e. The first-order valence-corrected chi connectivity index (χ1v) is 11.0. The first-order valence-electron chi connectivity index (χ1n) is 9.52. The van der Waals surface area contributed by atoms with Gasteiger partial charge in [0.15, 0.2) is 0 Å². The fourth-order valence-corrected chi connectivity index (χ4v) is 3.83. The number of carbonyl (C=O) groups excluding carboxylic acids is 1. The van der Waals surface area contributed by atoms with Crippen LogP contribution in [-0.2, 0) is 10.0 Å². The number of carbonyl (C=O) groups is 1. The predicted octanol–water partition coefficient (Wildman–Crippen LogP) is 4.68. The summed E-state index contributed by atoms with van der Waals surface area (Å²) in [6.07, 6.45) is 0. The van der Waals surface area contributed by atoms with Crippen LogP contribution in [0.5, 0.6) is 0 Å². The molecule has 0 heterocycles. The van der Waals surface area contributed by atoms with E-state index in [1.165, 1.54) is 24.3 Å². The molecule has 0 unspecified atom stereocenters. The minimum Gasteiger partial charge on any atom is -0.352 e. The van der Waals surface area contributed by atoms with Crippen molar-refractivity contribution in [1.82, 2.24) is 5.32 Å². The number of hydrogen-bond donors (Lipinski definition) is 2. The third-order valence-corrected chi connectivity index (χ3v) is 5.81. The van der Waals surface area contributed by atoms with E-state index in [-0.39, 0.29) is 16.6 Å². The Balaban J connectivity index is 1.70. The van der Waals surface area contributed by atoms with E-state index in [1.54, 1.807) is 48.5 Å². The maximum absolute atomic E-state index is 13.1. The van der Waals surface area contributed by atoms with Gasteiger partial charge in [0.25, 0.3) is 15.9 Å². The van der Waals surface area contributed by atoms with E-state index < -0.39 is 10.0 Å². The summed E-state index contributed by atoms with van der Waals surface area (Å²) in [4.78, 5) is 12.2. The van der Waals surface area contributed by atoms with Crippen LogP contribution in [0.25, 0.3) is 11.1 Å². The summed E-state index contributed by atoms with van der Waals surface area (Å²) in [5, 5.41) is 2.82. The van der Waals surface area contributed by atoms with Gasteiger partial charge in [-0.05, 0) is 65.6 Å². The van der Waals surface area contributed by atoms with E-state index in [0.717, 1.165) is 11.1 Å². The molecule has 3 aromatic carbocycles. The monoisotopic (exact) mass is 426 g/mol. The van der Waals surface area contributed by atoms with Gasteiger partial charge in [-0.2, -0.15) is 0 Å². The molecular weight excluding hydrogens is 403 g/mol. The number of benzene rings is 3. The number of halogens is 1. The zero-order chi connectivity index (χ0) is 21.7. The molecule has 0 saturated heterocycles. The summed E-state index contributed by atoms with van der Waals surface area (Å²) in [7, 11) is -3.78. The van der Waals surface area contributed by atoms with Crippen LogP contribution >= 0.6 is 0 Å². The number of nitrogens with one attached hydrogen (secondary N) is 2. The average Bonchev–Trinajstić information content (AvgIpc) is 2.73. The lowest BCUT2D eigenvalue weighted by Crippen LogP contribution is -2.27. The van der Waals surface area contributed by atoms with Crippen molar-refractivity contribution in [2.24, 2.45) is 5.92 Å². The second kappa shape index (κ2) is 9.09. The van der Waals surface area contributed by atoms with E-state index in [1.807, 2.05) is 13.8 Å². The van der Waals surface area contributed by atoms with Crippen LogP contribution < -0.4 is 10.0 Å². The Hall–Kier alpha value is -3.19. The summed E-state index contributed by atoms with van der Waals surface area (Å²) in [5.41, 5.74) is 2.39. The van der Waals surface area contributed by atoms with Crippen molar-refractivity contribution >= 4 is 21.6 Å². The maximum atomic E-state index is 13.1. The minimum absolute atomic E-state index is 0.104. The first-order chi connectivity index (χ1) is 14.2. The molecule has 0 saturated carbocycles. The van der Waals surface area contributed by atoms with Crippen molar-refractivity contribution in [3.8, 4) is 11.1 Å². The molecule has 1 amide bonds. The van der Waals surface area contributed by atoms with Gasteiger partial charge in [0, 0.05) is 17.8 Å². The zero-order valence-electron chi connectivity index (χ0n) is 16.7. The summed E-state index contributed by atoms with van der Waals surface area (Å²) >= 11 is 0. The van der Waals surface area contributed by atoms with Gasteiger partial charge in [0.1, 0.15) is 5.82 Å². The molecule has 0 aliphatic carbocycles. The normalized spacial score (nSPS) is 11.3. The number of amides is 1. The van der Waals surface area contributed by atoms with Crippen molar-refractivity contribution in [2.45, 2.75) is 18.7 Å². The fourth-order valence-electron chi connectivity index (χ4n) is 2.77. The lowest BCUT2D eigenvalue weighted by atomic mass is 10.1. The molecular formula is C23H23FN2O3S. The van der Waals surface area contributed by atoms with Crippen LogP contribution in [-0.4, -0.2) is 20.9 Å². The van der Waals surface area contributed by atoms with E-state index in [4.69, 9.17) is 0 Å². The molecule has 0 radical (unpaired) electrons. The van der Waals surface area contributed by atoms with Crippen molar-refractivity contribution in [3.05, 3.63) is 84.2 Å². The van der Waals surface area contributed by atoms with Crippen LogP contribution in [0.15, 0.2) is 77.7 Å². The molecule has 0 fully saturated rings. The van der Waals surface area contributed by atoms with Gasteiger partial charge in [-0.1, -0.05) is 38.1 Å². The molecule has 156 valence electrons. The number of rotatable bonds is 7. The quantitative estimate of drug-likeness (QED) is 0.576. The molecule has 3 rings (SSSR count). The third kappa shape index (κ3) is 5.45. The summed E-state index contributed by atoms with van der Waals surface area (Å²) in [5.74, 6) is -0.186. The zero-order valence-corrected chi connectivity index (χ0v) is 17.5. The predicted molar refractivity (Wildman–Crippen MR) is 116 cm³/mol. The lowest BCUT2D eigenvalue weighted by Gasteiger charge is -2.11. The number of anilines is 1. The number of hydrogen-bond acceptors (Lipinski definition) is 3. The van der Waals surface area contributed by atoms with Crippen LogP contribution in [0.1, 0.15) is 24.2 Å². The molecule has 0 atom stereocenters. The van der Waals surface area contributed by atoms with E-state index in [9.17, 15) is 17.6 Å². The summed E-state index contributed by atoms with van der Waals surface area (Å²) < 4.78 is 40.9. The molecule has 0 aliphatic heterocycles.